The van der Waals surface area contributed by atoms with Gasteiger partial charge in [-0.05, 0) is 6.92 Å². The monoisotopic (exact) mass is 292 g/mol. The van der Waals surface area contributed by atoms with Crippen LogP contribution in [0.4, 0.5) is 0 Å². The lowest BCUT2D eigenvalue weighted by Crippen LogP contribution is -1.99. The minimum atomic E-state index is -0.363. The van der Waals surface area contributed by atoms with Gasteiger partial charge in [-0.15, -0.1) is 0 Å². The van der Waals surface area contributed by atoms with Crippen molar-refractivity contribution in [2.45, 2.75) is 12.1 Å². The Balaban J connectivity index is 2.43. The lowest BCUT2D eigenvalue weighted by Gasteiger charge is -1.98. The van der Waals surface area contributed by atoms with Gasteiger partial charge in [-0.25, -0.2) is 14.8 Å². The number of esters is 1. The maximum Gasteiger partial charge on any atom is 0.330 e. The van der Waals surface area contributed by atoms with Gasteiger partial charge in [0.05, 0.1) is 6.61 Å². The normalized spacial score (nSPS) is 10.8. The maximum absolute atomic E-state index is 11.0. The van der Waals surface area contributed by atoms with Gasteiger partial charge in [-0.3, -0.25) is 0 Å². The van der Waals surface area contributed by atoms with Crippen LogP contribution in [0.3, 0.4) is 0 Å². The van der Waals surface area contributed by atoms with Gasteiger partial charge in [-0.2, -0.15) is 0 Å². The molecule has 0 aromatic carbocycles. The van der Waals surface area contributed by atoms with Crippen LogP contribution in [0.25, 0.3) is 0 Å². The fraction of sp³-hybridized carbons (Fsp3) is 0.300. The van der Waals surface area contributed by atoms with E-state index in [1.54, 1.807) is 13.0 Å². The highest BCUT2D eigenvalue weighted by Crippen LogP contribution is 2.19. The summed E-state index contributed by atoms with van der Waals surface area (Å²) in [5, 5.41) is 1.06. The Morgan fingerprint density at radius 1 is 1.47 bits per heavy atom. The number of ether oxygens (including phenoxy) is 1. The van der Waals surface area contributed by atoms with Crippen molar-refractivity contribution in [3.63, 3.8) is 0 Å². The number of thioether (sulfide) groups is 1. The van der Waals surface area contributed by atoms with Gasteiger partial charge in [-0.1, -0.05) is 41.0 Å². The van der Waals surface area contributed by atoms with Crippen molar-refractivity contribution in [1.82, 2.24) is 9.97 Å². The first-order valence-electron chi connectivity index (χ1n) is 4.78. The van der Waals surface area contributed by atoms with Crippen molar-refractivity contribution < 1.29 is 9.53 Å². The summed E-state index contributed by atoms with van der Waals surface area (Å²) in [5.41, 5.74) is 0. The number of nitrogens with zero attached hydrogens (tertiary/aromatic N) is 2. The van der Waals surface area contributed by atoms with Crippen molar-refractivity contribution in [2.75, 3.05) is 12.4 Å². The number of halogens is 2. The lowest BCUT2D eigenvalue weighted by atomic mass is 10.5. The molecule has 1 heterocycles. The predicted molar refractivity (Wildman–Crippen MR) is 68.5 cm³/mol. The van der Waals surface area contributed by atoms with Crippen molar-refractivity contribution in [2.24, 2.45) is 0 Å². The highest BCUT2D eigenvalue weighted by atomic mass is 35.5. The zero-order chi connectivity index (χ0) is 12.7. The minimum absolute atomic E-state index is 0.293. The van der Waals surface area contributed by atoms with Crippen LogP contribution in [0.1, 0.15) is 6.92 Å². The van der Waals surface area contributed by atoms with E-state index < -0.39 is 0 Å². The Labute approximate surface area is 113 Å². The largest absolute Gasteiger partial charge is 0.463 e. The fourth-order valence-electron chi connectivity index (χ4n) is 0.892. The van der Waals surface area contributed by atoms with Crippen LogP contribution in [0.15, 0.2) is 23.4 Å². The van der Waals surface area contributed by atoms with E-state index in [0.717, 1.165) is 0 Å². The molecule has 0 saturated carbocycles. The van der Waals surface area contributed by atoms with Gasteiger partial charge in [0.1, 0.15) is 10.3 Å². The number of carbonyl (C=O) groups is 1. The van der Waals surface area contributed by atoms with Crippen LogP contribution in [0.5, 0.6) is 0 Å². The molecule has 1 aromatic rings. The van der Waals surface area contributed by atoms with Crippen LogP contribution in [-0.2, 0) is 9.53 Å². The lowest BCUT2D eigenvalue weighted by molar-refractivity contribution is -0.137. The van der Waals surface area contributed by atoms with Crippen LogP contribution in [-0.4, -0.2) is 28.3 Å². The second-order valence-corrected chi connectivity index (χ2v) is 4.52. The highest BCUT2D eigenvalue weighted by Gasteiger charge is 2.01. The average molecular weight is 293 g/mol. The van der Waals surface area contributed by atoms with E-state index in [0.29, 0.717) is 27.8 Å². The number of hydrogen-bond acceptors (Lipinski definition) is 5. The first-order valence-corrected chi connectivity index (χ1v) is 6.52. The molecule has 0 spiro atoms. The SMILES string of the molecule is CCOC(=O)C=CCSc1nc(Cl)cc(Cl)n1. The second kappa shape index (κ2) is 7.53. The Kier molecular flexibility index (Phi) is 6.32. The fourth-order valence-corrected chi connectivity index (χ4v) is 2.08. The summed E-state index contributed by atoms with van der Waals surface area (Å²) in [5.74, 6) is 0.174. The number of aromatic nitrogens is 2. The van der Waals surface area contributed by atoms with Gasteiger partial charge in [0.25, 0.3) is 0 Å². The summed E-state index contributed by atoms with van der Waals surface area (Å²) in [7, 11) is 0. The Hall–Kier alpha value is -0.780. The molecule has 1 rings (SSSR count). The van der Waals surface area contributed by atoms with Crippen molar-refractivity contribution >= 4 is 40.9 Å². The van der Waals surface area contributed by atoms with E-state index in [2.05, 4.69) is 9.97 Å². The summed E-state index contributed by atoms with van der Waals surface area (Å²) in [6.45, 7) is 2.12. The molecule has 4 nitrogen and oxygen atoms in total. The van der Waals surface area contributed by atoms with Gasteiger partial charge >= 0.3 is 5.97 Å². The predicted octanol–water partition coefficient (Wildman–Crippen LogP) is 2.99. The van der Waals surface area contributed by atoms with Crippen LogP contribution in [0.2, 0.25) is 10.3 Å². The molecule has 0 aliphatic rings. The zero-order valence-electron chi connectivity index (χ0n) is 9.02. The van der Waals surface area contributed by atoms with Crippen molar-refractivity contribution in [3.05, 3.63) is 28.5 Å². The van der Waals surface area contributed by atoms with Crippen LogP contribution < -0.4 is 0 Å². The third kappa shape index (κ3) is 5.91. The molecule has 1 aromatic heterocycles. The summed E-state index contributed by atoms with van der Waals surface area (Å²) < 4.78 is 4.72. The molecule has 0 bridgehead atoms. The Morgan fingerprint density at radius 2 is 2.12 bits per heavy atom. The molecule has 7 heteroatoms. The first-order chi connectivity index (χ1) is 8.11. The highest BCUT2D eigenvalue weighted by molar-refractivity contribution is 7.99. The van der Waals surface area contributed by atoms with Crippen LogP contribution in [0, 0.1) is 0 Å². The quantitative estimate of drug-likeness (QED) is 0.275. The topological polar surface area (TPSA) is 52.1 Å². The molecule has 0 radical (unpaired) electrons. The van der Waals surface area contributed by atoms with Gasteiger partial charge in [0.15, 0.2) is 5.16 Å². The summed E-state index contributed by atoms with van der Waals surface area (Å²) in [6, 6.07) is 1.46. The van der Waals surface area contributed by atoms with Gasteiger partial charge in [0.2, 0.25) is 0 Å². The molecule has 92 valence electrons. The number of rotatable bonds is 5. The molecular weight excluding hydrogens is 283 g/mol. The Morgan fingerprint density at radius 3 is 2.71 bits per heavy atom. The van der Waals surface area contributed by atoms with E-state index in [-0.39, 0.29) is 5.97 Å². The standard InChI is InChI=1S/C10H10Cl2N2O2S/c1-2-16-9(15)4-3-5-17-10-13-7(11)6-8(12)14-10/h3-4,6H,2,5H2,1H3. The third-order valence-electron chi connectivity index (χ3n) is 1.49. The summed E-state index contributed by atoms with van der Waals surface area (Å²) in [6.07, 6.45) is 3.03. The molecule has 0 fully saturated rings. The van der Waals surface area contributed by atoms with Crippen LogP contribution >= 0.6 is 35.0 Å². The van der Waals surface area contributed by atoms with Crippen molar-refractivity contribution in [1.29, 1.82) is 0 Å². The molecule has 0 atom stereocenters. The molecule has 0 N–H and O–H groups in total. The molecule has 0 amide bonds. The van der Waals surface area contributed by atoms with E-state index in [1.807, 2.05) is 0 Å². The average Bonchev–Trinajstić information content (AvgIpc) is 2.23. The third-order valence-corrected chi connectivity index (χ3v) is 2.68. The van der Waals surface area contributed by atoms with Gasteiger partial charge in [0, 0.05) is 17.9 Å². The minimum Gasteiger partial charge on any atom is -0.463 e. The van der Waals surface area contributed by atoms with E-state index >= 15 is 0 Å². The number of hydrogen-bond donors (Lipinski definition) is 0. The molecule has 0 aliphatic heterocycles. The molecule has 0 saturated heterocycles. The first kappa shape index (κ1) is 14.3. The maximum atomic E-state index is 11.0. The molecule has 0 aliphatic carbocycles. The van der Waals surface area contributed by atoms with E-state index in [4.69, 9.17) is 27.9 Å². The smallest absolute Gasteiger partial charge is 0.330 e. The number of carbonyl (C=O) groups excluding carboxylic acids is 1. The zero-order valence-corrected chi connectivity index (χ0v) is 11.3. The van der Waals surface area contributed by atoms with Gasteiger partial charge < -0.3 is 4.74 Å². The second-order valence-electron chi connectivity index (χ2n) is 2.76. The molecular formula is C10H10Cl2N2O2S. The molecule has 0 unspecified atom stereocenters. The summed E-state index contributed by atoms with van der Waals surface area (Å²) >= 11 is 12.8. The van der Waals surface area contributed by atoms with E-state index in [9.17, 15) is 4.79 Å². The Bertz CT molecular complexity index is 407. The summed E-state index contributed by atoms with van der Waals surface area (Å²) in [4.78, 5) is 18.9. The molecule has 17 heavy (non-hydrogen) atoms. The van der Waals surface area contributed by atoms with Crippen molar-refractivity contribution in [3.8, 4) is 0 Å². The van der Waals surface area contributed by atoms with E-state index in [1.165, 1.54) is 23.9 Å².